The molecule has 41 heavy (non-hydrogen) atoms. The topological polar surface area (TPSA) is 90.9 Å². The van der Waals surface area contributed by atoms with Crippen molar-refractivity contribution < 1.29 is 14.3 Å². The van der Waals surface area contributed by atoms with Crippen LogP contribution >= 0.6 is 11.3 Å². The Kier molecular flexibility index (Phi) is 8.32. The Morgan fingerprint density at radius 2 is 1.76 bits per heavy atom. The molecule has 2 aromatic heterocycles. The van der Waals surface area contributed by atoms with E-state index in [4.69, 9.17) is 9.72 Å². The van der Waals surface area contributed by atoms with Crippen LogP contribution in [0, 0.1) is 5.92 Å². The highest BCUT2D eigenvalue weighted by molar-refractivity contribution is 7.14. The lowest BCUT2D eigenvalue weighted by Gasteiger charge is -2.42. The van der Waals surface area contributed by atoms with Crippen molar-refractivity contribution in [3.63, 3.8) is 0 Å². The zero-order valence-electron chi connectivity index (χ0n) is 23.8. The van der Waals surface area contributed by atoms with Gasteiger partial charge in [0, 0.05) is 49.6 Å². The Balaban J connectivity index is 1.12. The average Bonchev–Trinajstić information content (AvgIpc) is 3.70. The normalized spacial score (nSPS) is 18.8. The zero-order chi connectivity index (χ0) is 28.3. The number of carbonyl (C=O) groups excluding carboxylic acids is 2. The molecule has 3 aliphatic rings. The van der Waals surface area contributed by atoms with Gasteiger partial charge >= 0.3 is 0 Å². The van der Waals surface area contributed by atoms with Gasteiger partial charge in [-0.3, -0.25) is 19.5 Å². The number of carbonyl (C=O) groups is 2. The number of piperidine rings is 1. The Morgan fingerprint density at radius 3 is 2.49 bits per heavy atom. The fraction of sp³-hybridized carbons (Fsp3) is 0.484. The van der Waals surface area contributed by atoms with Gasteiger partial charge in [-0.1, -0.05) is 6.07 Å². The molecule has 4 heterocycles. The predicted octanol–water partition coefficient (Wildman–Crippen LogP) is 4.47. The Hall–Kier alpha value is -3.34. The van der Waals surface area contributed by atoms with Gasteiger partial charge in [-0.15, -0.1) is 11.3 Å². The summed E-state index contributed by atoms with van der Waals surface area (Å²) >= 11 is 1.52. The molecule has 0 spiro atoms. The fourth-order valence-electron chi connectivity index (χ4n) is 5.80. The van der Waals surface area contributed by atoms with Crippen molar-refractivity contribution in [1.29, 1.82) is 0 Å². The van der Waals surface area contributed by atoms with Gasteiger partial charge in [-0.25, -0.2) is 4.98 Å². The van der Waals surface area contributed by atoms with Gasteiger partial charge in [0.2, 0.25) is 5.91 Å². The molecular formula is C31H38N6O3S. The summed E-state index contributed by atoms with van der Waals surface area (Å²) in [4.78, 5) is 42.8. The summed E-state index contributed by atoms with van der Waals surface area (Å²) in [6.07, 6.45) is 8.75. The van der Waals surface area contributed by atoms with Gasteiger partial charge in [0.25, 0.3) is 5.91 Å². The molecular weight excluding hydrogens is 536 g/mol. The lowest BCUT2D eigenvalue weighted by molar-refractivity contribution is -0.116. The van der Waals surface area contributed by atoms with Crippen molar-refractivity contribution in [2.75, 3.05) is 58.7 Å². The summed E-state index contributed by atoms with van der Waals surface area (Å²) in [5, 5.41) is 4.93. The van der Waals surface area contributed by atoms with Crippen LogP contribution in [0.25, 0.3) is 21.8 Å². The van der Waals surface area contributed by atoms with E-state index in [0.717, 1.165) is 73.9 Å². The summed E-state index contributed by atoms with van der Waals surface area (Å²) < 4.78 is 5.68. The first-order valence-electron chi connectivity index (χ1n) is 14.6. The third-order valence-electron chi connectivity index (χ3n) is 8.47. The molecule has 2 saturated heterocycles. The van der Waals surface area contributed by atoms with Crippen molar-refractivity contribution in [2.24, 2.45) is 5.92 Å². The van der Waals surface area contributed by atoms with Crippen LogP contribution in [-0.2, 0) is 4.79 Å². The van der Waals surface area contributed by atoms with Crippen molar-refractivity contribution in [1.82, 2.24) is 24.7 Å². The molecule has 9 nitrogen and oxygen atoms in total. The zero-order valence-corrected chi connectivity index (χ0v) is 24.7. The predicted molar refractivity (Wildman–Crippen MR) is 161 cm³/mol. The second-order valence-corrected chi connectivity index (χ2v) is 12.4. The van der Waals surface area contributed by atoms with Gasteiger partial charge in [0.05, 0.1) is 47.0 Å². The van der Waals surface area contributed by atoms with E-state index in [0.29, 0.717) is 35.4 Å². The summed E-state index contributed by atoms with van der Waals surface area (Å²) in [5.41, 5.74) is 3.61. The van der Waals surface area contributed by atoms with E-state index < -0.39 is 0 Å². The molecule has 2 aliphatic heterocycles. The smallest absolute Gasteiger partial charge is 0.257 e. The lowest BCUT2D eigenvalue weighted by atomic mass is 10.0. The first-order chi connectivity index (χ1) is 20.0. The third kappa shape index (κ3) is 6.60. The molecule has 1 N–H and O–H groups in total. The number of thiophene rings is 1. The number of amides is 2. The number of aromatic nitrogens is 2. The van der Waals surface area contributed by atoms with Gasteiger partial charge in [0.1, 0.15) is 5.75 Å². The number of hydrogen-bond acceptors (Lipinski definition) is 8. The highest BCUT2D eigenvalue weighted by Gasteiger charge is 2.29. The maximum Gasteiger partial charge on any atom is 0.257 e. The maximum absolute atomic E-state index is 13.5. The van der Waals surface area contributed by atoms with E-state index in [-0.39, 0.29) is 11.8 Å². The minimum absolute atomic E-state index is 0.00566. The number of ether oxygens (including phenoxy) is 1. The molecule has 0 bridgehead atoms. The molecule has 1 aromatic carbocycles. The van der Waals surface area contributed by atoms with Crippen LogP contribution in [0.2, 0.25) is 0 Å². The van der Waals surface area contributed by atoms with E-state index in [2.05, 4.69) is 27.1 Å². The number of nitrogens with one attached hydrogen (secondary N) is 1. The summed E-state index contributed by atoms with van der Waals surface area (Å²) in [7, 11) is 3.79. The molecule has 0 unspecified atom stereocenters. The van der Waals surface area contributed by atoms with Gasteiger partial charge in [-0.05, 0) is 69.9 Å². The van der Waals surface area contributed by atoms with E-state index in [1.165, 1.54) is 24.2 Å². The molecule has 10 heteroatoms. The molecule has 0 atom stereocenters. The van der Waals surface area contributed by atoms with Gasteiger partial charge in [-0.2, -0.15) is 0 Å². The van der Waals surface area contributed by atoms with Gasteiger partial charge < -0.3 is 19.9 Å². The Bertz CT molecular complexity index is 1390. The monoisotopic (exact) mass is 574 g/mol. The van der Waals surface area contributed by atoms with Crippen molar-refractivity contribution in [3.8, 4) is 27.6 Å². The molecule has 6 rings (SSSR count). The molecule has 1 aliphatic carbocycles. The maximum atomic E-state index is 13.5. The van der Waals surface area contributed by atoms with Gasteiger partial charge in [0.15, 0.2) is 0 Å². The average molecular weight is 575 g/mol. The Morgan fingerprint density at radius 1 is 1.00 bits per heavy atom. The number of likely N-dealkylation sites (tertiary alicyclic amines) is 1. The molecule has 2 amide bonds. The van der Waals surface area contributed by atoms with Crippen molar-refractivity contribution in [3.05, 3.63) is 47.6 Å². The van der Waals surface area contributed by atoms with Crippen LogP contribution in [0.5, 0.6) is 5.75 Å². The second-order valence-electron chi connectivity index (χ2n) is 11.5. The Labute approximate surface area is 245 Å². The first-order valence-corrected chi connectivity index (χ1v) is 15.5. The third-order valence-corrected chi connectivity index (χ3v) is 9.43. The van der Waals surface area contributed by atoms with E-state index >= 15 is 0 Å². The molecule has 0 radical (unpaired) electrons. The minimum Gasteiger partial charge on any atom is -0.496 e. The molecule has 3 fully saturated rings. The van der Waals surface area contributed by atoms with Crippen LogP contribution in [0.15, 0.2) is 42.0 Å². The minimum atomic E-state index is 0.00566. The van der Waals surface area contributed by atoms with Crippen molar-refractivity contribution in [2.45, 2.75) is 38.1 Å². The highest BCUT2D eigenvalue weighted by Crippen LogP contribution is 2.34. The highest BCUT2D eigenvalue weighted by atomic mass is 32.1. The number of hydrogen-bond donors (Lipinski definition) is 1. The second kappa shape index (κ2) is 12.3. The number of nitrogens with zero attached hydrogens (tertiary/aromatic N) is 5. The largest absolute Gasteiger partial charge is 0.496 e. The van der Waals surface area contributed by atoms with Crippen LogP contribution in [0.3, 0.4) is 0 Å². The summed E-state index contributed by atoms with van der Waals surface area (Å²) in [6, 6.07) is 8.19. The summed E-state index contributed by atoms with van der Waals surface area (Å²) in [6.45, 7) is 5.58. The van der Waals surface area contributed by atoms with Crippen LogP contribution < -0.4 is 10.1 Å². The number of rotatable bonds is 8. The van der Waals surface area contributed by atoms with E-state index in [1.807, 2.05) is 34.5 Å². The van der Waals surface area contributed by atoms with Crippen LogP contribution in [0.1, 0.15) is 42.5 Å². The quantitative estimate of drug-likeness (QED) is 0.425. The van der Waals surface area contributed by atoms with Crippen LogP contribution in [0.4, 0.5) is 5.69 Å². The summed E-state index contributed by atoms with van der Waals surface area (Å²) in [5.74, 6) is 1.16. The van der Waals surface area contributed by atoms with Crippen molar-refractivity contribution >= 4 is 28.8 Å². The standard InChI is InChI=1S/C31H38N6O3S/c1-35-9-7-24(8-10-35)36-11-13-37(14-12-36)31(39)25-6-5-22(16-28(25)40-2)26-18-32-19-27(34-26)29-17-23(20-41-29)33-30(38)15-21-3-4-21/h5-6,16-21,24H,3-4,7-15H2,1-2H3,(H,33,38). The fourth-order valence-corrected chi connectivity index (χ4v) is 6.60. The SMILES string of the molecule is COc1cc(-c2cncc(-c3cc(NC(=O)CC4CC4)cs3)n2)ccc1C(=O)N1CCN(C2CCN(C)CC2)CC1. The first kappa shape index (κ1) is 27.8. The molecule has 1 saturated carbocycles. The number of methoxy groups -OCH3 is 1. The van der Waals surface area contributed by atoms with Crippen LogP contribution in [-0.4, -0.2) is 95.9 Å². The number of benzene rings is 1. The number of anilines is 1. The molecule has 3 aromatic rings. The van der Waals surface area contributed by atoms with E-state index in [9.17, 15) is 9.59 Å². The number of piperazine rings is 1. The van der Waals surface area contributed by atoms with E-state index in [1.54, 1.807) is 19.5 Å². The lowest BCUT2D eigenvalue weighted by Crippen LogP contribution is -2.54. The molecule has 216 valence electrons.